The van der Waals surface area contributed by atoms with Crippen LogP contribution in [0, 0.1) is 0 Å². The second-order valence-electron chi connectivity index (χ2n) is 5.36. The van der Waals surface area contributed by atoms with Gasteiger partial charge in [0, 0.05) is 22.8 Å². The highest BCUT2D eigenvalue weighted by Gasteiger charge is 2.21. The number of carbonyl (C=O) groups excluding carboxylic acids is 2. The highest BCUT2D eigenvalue weighted by atomic mass is 35.5. The maximum absolute atomic E-state index is 11.9. The number of carbonyl (C=O) groups is 2. The Bertz CT molecular complexity index is 710. The lowest BCUT2D eigenvalue weighted by molar-refractivity contribution is 0.0474. The monoisotopic (exact) mass is 330 g/mol. The zero-order valence-electron chi connectivity index (χ0n) is 12.3. The Morgan fingerprint density at radius 3 is 2.43 bits per heavy atom. The third-order valence-electron chi connectivity index (χ3n) is 3.43. The molecule has 0 saturated heterocycles. The van der Waals surface area contributed by atoms with Crippen molar-refractivity contribution in [3.05, 3.63) is 58.7 Å². The van der Waals surface area contributed by atoms with Gasteiger partial charge >= 0.3 is 5.97 Å². The summed E-state index contributed by atoms with van der Waals surface area (Å²) in [4.78, 5) is 28.0. The maximum Gasteiger partial charge on any atom is 0.340 e. The van der Waals surface area contributed by atoms with Crippen LogP contribution in [0.25, 0.3) is 0 Å². The van der Waals surface area contributed by atoms with E-state index in [1.54, 1.807) is 36.4 Å². The van der Waals surface area contributed by atoms with Crippen molar-refractivity contribution < 1.29 is 14.3 Å². The first kappa shape index (κ1) is 15.5. The standard InChI is InChI=1S/C17H15ClN2O3/c18-13-4-1-11(2-5-13)15(21)10-23-17(22)12-3-8-16(19-9-12)20-14-6-7-14/h1-5,8-9,14H,6-7,10H2,(H,19,20). The molecule has 5 nitrogen and oxygen atoms in total. The Morgan fingerprint density at radius 1 is 1.13 bits per heavy atom. The van der Waals surface area contributed by atoms with Crippen molar-refractivity contribution in [3.8, 4) is 0 Å². The molecule has 0 atom stereocenters. The van der Waals surface area contributed by atoms with Crippen molar-refractivity contribution in [2.24, 2.45) is 0 Å². The van der Waals surface area contributed by atoms with Gasteiger partial charge in [-0.2, -0.15) is 0 Å². The van der Waals surface area contributed by atoms with E-state index in [0.717, 1.165) is 18.7 Å². The normalized spacial score (nSPS) is 13.4. The molecule has 1 aliphatic rings. The Morgan fingerprint density at radius 2 is 1.83 bits per heavy atom. The van der Waals surface area contributed by atoms with E-state index in [1.807, 2.05) is 0 Å². The summed E-state index contributed by atoms with van der Waals surface area (Å²) in [7, 11) is 0. The van der Waals surface area contributed by atoms with Crippen molar-refractivity contribution in [2.75, 3.05) is 11.9 Å². The molecule has 1 aromatic heterocycles. The average Bonchev–Trinajstić information content (AvgIpc) is 3.37. The number of benzene rings is 1. The number of nitrogens with zero attached hydrogens (tertiary/aromatic N) is 1. The minimum atomic E-state index is -0.571. The molecule has 0 bridgehead atoms. The van der Waals surface area contributed by atoms with Gasteiger partial charge in [-0.05, 0) is 49.2 Å². The molecule has 3 rings (SSSR count). The predicted octanol–water partition coefficient (Wildman–Crippen LogP) is 3.35. The summed E-state index contributed by atoms with van der Waals surface area (Å²) in [5.74, 6) is -0.117. The van der Waals surface area contributed by atoms with Gasteiger partial charge in [0.1, 0.15) is 5.82 Å². The Hall–Kier alpha value is -2.40. The first-order chi connectivity index (χ1) is 11.1. The molecule has 1 saturated carbocycles. The predicted molar refractivity (Wildman–Crippen MR) is 86.9 cm³/mol. The molecule has 1 fully saturated rings. The minimum absolute atomic E-state index is 0.282. The summed E-state index contributed by atoms with van der Waals surface area (Å²) in [5, 5.41) is 3.78. The summed E-state index contributed by atoms with van der Waals surface area (Å²) in [6.07, 6.45) is 3.75. The number of Topliss-reactive ketones (excluding diaryl/α,β-unsaturated/α-hetero) is 1. The second-order valence-corrected chi connectivity index (χ2v) is 5.79. The van der Waals surface area contributed by atoms with Crippen LogP contribution >= 0.6 is 11.6 Å². The van der Waals surface area contributed by atoms with Gasteiger partial charge in [-0.15, -0.1) is 0 Å². The van der Waals surface area contributed by atoms with E-state index in [9.17, 15) is 9.59 Å². The van der Waals surface area contributed by atoms with E-state index >= 15 is 0 Å². The lowest BCUT2D eigenvalue weighted by atomic mass is 10.1. The Labute approximate surface area is 138 Å². The van der Waals surface area contributed by atoms with Gasteiger partial charge in [0.2, 0.25) is 0 Å². The molecule has 0 unspecified atom stereocenters. The number of anilines is 1. The van der Waals surface area contributed by atoms with Crippen molar-refractivity contribution in [3.63, 3.8) is 0 Å². The lowest BCUT2D eigenvalue weighted by Crippen LogP contribution is -2.14. The van der Waals surface area contributed by atoms with Crippen molar-refractivity contribution in [2.45, 2.75) is 18.9 Å². The minimum Gasteiger partial charge on any atom is -0.454 e. The summed E-state index contributed by atoms with van der Waals surface area (Å²) in [5.41, 5.74) is 0.763. The number of halogens is 1. The largest absolute Gasteiger partial charge is 0.454 e. The molecular formula is C17H15ClN2O3. The molecular weight excluding hydrogens is 316 g/mol. The van der Waals surface area contributed by atoms with Crippen LogP contribution in [0.15, 0.2) is 42.6 Å². The van der Waals surface area contributed by atoms with Crippen LogP contribution in [0.4, 0.5) is 5.82 Å². The molecule has 0 aliphatic heterocycles. The zero-order valence-corrected chi connectivity index (χ0v) is 13.0. The van der Waals surface area contributed by atoms with Crippen LogP contribution < -0.4 is 5.32 Å². The fourth-order valence-electron chi connectivity index (χ4n) is 1.97. The van der Waals surface area contributed by atoms with E-state index in [0.29, 0.717) is 22.2 Å². The fraction of sp³-hybridized carbons (Fsp3) is 0.235. The molecule has 0 amide bonds. The highest BCUT2D eigenvalue weighted by Crippen LogP contribution is 2.23. The molecule has 0 spiro atoms. The van der Waals surface area contributed by atoms with Crippen LogP contribution in [0.1, 0.15) is 33.6 Å². The van der Waals surface area contributed by atoms with Crippen LogP contribution in [-0.4, -0.2) is 29.4 Å². The number of ether oxygens (including phenoxy) is 1. The number of aromatic nitrogens is 1. The number of esters is 1. The van der Waals surface area contributed by atoms with E-state index in [1.165, 1.54) is 6.20 Å². The molecule has 1 heterocycles. The number of rotatable bonds is 6. The maximum atomic E-state index is 11.9. The zero-order chi connectivity index (χ0) is 16.2. The van der Waals surface area contributed by atoms with Gasteiger partial charge in [-0.25, -0.2) is 9.78 Å². The van der Waals surface area contributed by atoms with Crippen LogP contribution in [-0.2, 0) is 4.74 Å². The third-order valence-corrected chi connectivity index (χ3v) is 3.68. The summed E-state index contributed by atoms with van der Waals surface area (Å²) >= 11 is 5.76. The average molecular weight is 331 g/mol. The van der Waals surface area contributed by atoms with E-state index in [2.05, 4.69) is 10.3 Å². The first-order valence-electron chi connectivity index (χ1n) is 7.30. The summed E-state index contributed by atoms with van der Waals surface area (Å²) in [6.45, 7) is -0.317. The van der Waals surface area contributed by atoms with Crippen molar-refractivity contribution in [1.82, 2.24) is 4.98 Å². The van der Waals surface area contributed by atoms with Gasteiger partial charge in [-0.1, -0.05) is 11.6 Å². The van der Waals surface area contributed by atoms with Crippen LogP contribution in [0.3, 0.4) is 0 Å². The smallest absolute Gasteiger partial charge is 0.340 e. The Balaban J connectivity index is 1.53. The molecule has 1 N–H and O–H groups in total. The summed E-state index contributed by atoms with van der Waals surface area (Å²) in [6, 6.07) is 10.3. The molecule has 6 heteroatoms. The van der Waals surface area contributed by atoms with E-state index in [-0.39, 0.29) is 12.4 Å². The molecule has 23 heavy (non-hydrogen) atoms. The van der Waals surface area contributed by atoms with Gasteiger partial charge in [0.05, 0.1) is 5.56 Å². The number of nitrogens with one attached hydrogen (secondary N) is 1. The van der Waals surface area contributed by atoms with Gasteiger partial charge in [-0.3, -0.25) is 4.79 Å². The number of ketones is 1. The molecule has 1 aliphatic carbocycles. The highest BCUT2D eigenvalue weighted by molar-refractivity contribution is 6.30. The van der Waals surface area contributed by atoms with Crippen LogP contribution in [0.2, 0.25) is 5.02 Å². The number of hydrogen-bond donors (Lipinski definition) is 1. The fourth-order valence-corrected chi connectivity index (χ4v) is 2.10. The SMILES string of the molecule is O=C(COC(=O)c1ccc(NC2CC2)nc1)c1ccc(Cl)cc1. The van der Waals surface area contributed by atoms with Crippen molar-refractivity contribution in [1.29, 1.82) is 0 Å². The van der Waals surface area contributed by atoms with E-state index in [4.69, 9.17) is 16.3 Å². The summed E-state index contributed by atoms with van der Waals surface area (Å²) < 4.78 is 5.03. The third kappa shape index (κ3) is 4.29. The van der Waals surface area contributed by atoms with E-state index < -0.39 is 5.97 Å². The quantitative estimate of drug-likeness (QED) is 0.650. The molecule has 118 valence electrons. The van der Waals surface area contributed by atoms with Crippen molar-refractivity contribution >= 4 is 29.2 Å². The molecule has 1 aromatic carbocycles. The second kappa shape index (κ2) is 6.79. The first-order valence-corrected chi connectivity index (χ1v) is 7.68. The number of pyridine rings is 1. The number of hydrogen-bond acceptors (Lipinski definition) is 5. The lowest BCUT2D eigenvalue weighted by Gasteiger charge is -2.06. The Kier molecular flexibility index (Phi) is 4.57. The topological polar surface area (TPSA) is 68.3 Å². The molecule has 0 radical (unpaired) electrons. The van der Waals surface area contributed by atoms with Gasteiger partial charge < -0.3 is 10.1 Å². The van der Waals surface area contributed by atoms with Gasteiger partial charge in [0.25, 0.3) is 0 Å². The van der Waals surface area contributed by atoms with Gasteiger partial charge in [0.15, 0.2) is 12.4 Å². The van der Waals surface area contributed by atoms with Crippen LogP contribution in [0.5, 0.6) is 0 Å². The molecule has 2 aromatic rings.